The Bertz CT molecular complexity index is 612. The first-order valence-corrected chi connectivity index (χ1v) is 7.22. The summed E-state index contributed by atoms with van der Waals surface area (Å²) in [4.78, 5) is 8.81. The molecule has 0 bridgehead atoms. The van der Waals surface area contributed by atoms with Crippen LogP contribution >= 0.6 is 31.9 Å². The molecule has 5 heteroatoms. The van der Waals surface area contributed by atoms with Gasteiger partial charge in [-0.1, -0.05) is 15.9 Å². The van der Waals surface area contributed by atoms with Crippen LogP contribution in [0.3, 0.4) is 0 Å². The third-order valence-electron chi connectivity index (χ3n) is 2.86. The van der Waals surface area contributed by atoms with Gasteiger partial charge >= 0.3 is 0 Å². The summed E-state index contributed by atoms with van der Waals surface area (Å²) in [5.41, 5.74) is 1.12. The zero-order valence-corrected chi connectivity index (χ0v) is 12.5. The van der Waals surface area contributed by atoms with E-state index in [-0.39, 0.29) is 5.82 Å². The van der Waals surface area contributed by atoms with Crippen LogP contribution in [-0.2, 0) is 0 Å². The van der Waals surface area contributed by atoms with Crippen molar-refractivity contribution in [1.82, 2.24) is 9.97 Å². The molecule has 0 amide bonds. The third kappa shape index (κ3) is 2.47. The molecule has 1 aromatic carbocycles. The Hall–Kier alpha value is -0.810. The van der Waals surface area contributed by atoms with Crippen LogP contribution in [0.15, 0.2) is 33.3 Å². The smallest absolute Gasteiger partial charge is 0.133 e. The molecule has 1 fully saturated rings. The quantitative estimate of drug-likeness (QED) is 0.716. The monoisotopic (exact) mass is 370 g/mol. The number of rotatable bonds is 2. The van der Waals surface area contributed by atoms with Gasteiger partial charge < -0.3 is 0 Å². The van der Waals surface area contributed by atoms with Crippen LogP contribution in [0, 0.1) is 5.82 Å². The van der Waals surface area contributed by atoms with Gasteiger partial charge in [0.1, 0.15) is 16.2 Å². The molecule has 18 heavy (non-hydrogen) atoms. The summed E-state index contributed by atoms with van der Waals surface area (Å²) in [6.45, 7) is 0. The molecular formula is C13H9Br2FN2. The van der Waals surface area contributed by atoms with Crippen molar-refractivity contribution in [2.24, 2.45) is 0 Å². The molecule has 2 aromatic rings. The Morgan fingerprint density at radius 3 is 2.61 bits per heavy atom. The molecule has 0 atom stereocenters. The van der Waals surface area contributed by atoms with E-state index >= 15 is 0 Å². The van der Waals surface area contributed by atoms with Crippen LogP contribution in [0.4, 0.5) is 4.39 Å². The highest BCUT2D eigenvalue weighted by Crippen LogP contribution is 2.39. The SMILES string of the molecule is Fc1ccc(Br)cc1-c1cc(Br)nc(C2CC2)n1. The van der Waals surface area contributed by atoms with Crippen LogP contribution < -0.4 is 0 Å². The van der Waals surface area contributed by atoms with Crippen LogP contribution in [0.25, 0.3) is 11.3 Å². The first-order chi connectivity index (χ1) is 8.63. The minimum atomic E-state index is -0.273. The van der Waals surface area contributed by atoms with Crippen molar-refractivity contribution in [3.05, 3.63) is 45.0 Å². The lowest BCUT2D eigenvalue weighted by Crippen LogP contribution is -1.97. The number of hydrogen-bond donors (Lipinski definition) is 0. The Labute approximate surface area is 121 Å². The number of halogens is 3. The molecule has 3 rings (SSSR count). The third-order valence-corrected chi connectivity index (χ3v) is 3.76. The van der Waals surface area contributed by atoms with Crippen LogP contribution in [0.5, 0.6) is 0 Å². The van der Waals surface area contributed by atoms with E-state index in [1.54, 1.807) is 18.2 Å². The maximum Gasteiger partial charge on any atom is 0.133 e. The van der Waals surface area contributed by atoms with E-state index in [9.17, 15) is 4.39 Å². The van der Waals surface area contributed by atoms with E-state index in [1.807, 2.05) is 0 Å². The maximum absolute atomic E-state index is 13.8. The maximum atomic E-state index is 13.8. The molecule has 1 aliphatic rings. The molecule has 92 valence electrons. The number of nitrogens with zero attached hydrogens (tertiary/aromatic N) is 2. The standard InChI is InChI=1S/C13H9Br2FN2/c14-8-3-4-10(16)9(5-8)11-6-12(15)18-13(17-11)7-1-2-7/h3-7H,1-2H2. The van der Waals surface area contributed by atoms with Crippen molar-refractivity contribution < 1.29 is 4.39 Å². The molecule has 2 nitrogen and oxygen atoms in total. The molecule has 0 radical (unpaired) electrons. The molecule has 0 unspecified atom stereocenters. The van der Waals surface area contributed by atoms with Crippen molar-refractivity contribution in [3.8, 4) is 11.3 Å². The summed E-state index contributed by atoms with van der Waals surface area (Å²) in [5.74, 6) is 0.973. The lowest BCUT2D eigenvalue weighted by molar-refractivity contribution is 0.630. The van der Waals surface area contributed by atoms with E-state index in [4.69, 9.17) is 0 Å². The molecule has 0 N–H and O–H groups in total. The highest BCUT2D eigenvalue weighted by molar-refractivity contribution is 9.10. The number of benzene rings is 1. The molecule has 0 saturated heterocycles. The predicted octanol–water partition coefficient (Wildman–Crippen LogP) is 4.69. The highest BCUT2D eigenvalue weighted by Gasteiger charge is 2.27. The van der Waals surface area contributed by atoms with Crippen LogP contribution in [-0.4, -0.2) is 9.97 Å². The second kappa shape index (κ2) is 4.70. The van der Waals surface area contributed by atoms with E-state index in [1.165, 1.54) is 6.07 Å². The van der Waals surface area contributed by atoms with Gasteiger partial charge in [0.25, 0.3) is 0 Å². The fourth-order valence-electron chi connectivity index (χ4n) is 1.79. The van der Waals surface area contributed by atoms with Gasteiger partial charge in [0.2, 0.25) is 0 Å². The summed E-state index contributed by atoms with van der Waals surface area (Å²) in [5, 5.41) is 0. The zero-order valence-electron chi connectivity index (χ0n) is 9.33. The highest BCUT2D eigenvalue weighted by atomic mass is 79.9. The normalized spacial score (nSPS) is 14.8. The van der Waals surface area contributed by atoms with Crippen molar-refractivity contribution in [3.63, 3.8) is 0 Å². The lowest BCUT2D eigenvalue weighted by atomic mass is 10.1. The van der Waals surface area contributed by atoms with E-state index in [0.29, 0.717) is 21.8 Å². The Balaban J connectivity index is 2.12. The second-order valence-electron chi connectivity index (χ2n) is 4.33. The lowest BCUT2D eigenvalue weighted by Gasteiger charge is -2.06. The van der Waals surface area contributed by atoms with Gasteiger partial charge in [0.05, 0.1) is 5.69 Å². The average Bonchev–Trinajstić information content (AvgIpc) is 3.15. The van der Waals surface area contributed by atoms with Gasteiger partial charge in [-0.3, -0.25) is 0 Å². The van der Waals surface area contributed by atoms with E-state index in [2.05, 4.69) is 41.8 Å². The summed E-state index contributed by atoms with van der Waals surface area (Å²) < 4.78 is 15.4. The van der Waals surface area contributed by atoms with Crippen LogP contribution in [0.2, 0.25) is 0 Å². The average molecular weight is 372 g/mol. The van der Waals surface area contributed by atoms with Crippen molar-refractivity contribution in [1.29, 1.82) is 0 Å². The fourth-order valence-corrected chi connectivity index (χ4v) is 2.55. The fraction of sp³-hybridized carbons (Fsp3) is 0.231. The van der Waals surface area contributed by atoms with Crippen LogP contribution in [0.1, 0.15) is 24.6 Å². The second-order valence-corrected chi connectivity index (χ2v) is 6.06. The van der Waals surface area contributed by atoms with Gasteiger partial charge in [-0.05, 0) is 53.0 Å². The summed E-state index contributed by atoms with van der Waals surface area (Å²) in [7, 11) is 0. The molecule has 0 spiro atoms. The van der Waals surface area contributed by atoms with Gasteiger partial charge in [-0.25, -0.2) is 14.4 Å². The van der Waals surface area contributed by atoms with E-state index < -0.39 is 0 Å². The minimum Gasteiger partial charge on any atom is -0.232 e. The topological polar surface area (TPSA) is 25.8 Å². The minimum absolute atomic E-state index is 0.273. The van der Waals surface area contributed by atoms with Gasteiger partial charge in [0, 0.05) is 16.0 Å². The Morgan fingerprint density at radius 2 is 1.89 bits per heavy atom. The predicted molar refractivity (Wildman–Crippen MR) is 74.8 cm³/mol. The van der Waals surface area contributed by atoms with Gasteiger partial charge in [-0.2, -0.15) is 0 Å². The van der Waals surface area contributed by atoms with Crippen molar-refractivity contribution in [2.45, 2.75) is 18.8 Å². The Morgan fingerprint density at radius 1 is 1.11 bits per heavy atom. The zero-order chi connectivity index (χ0) is 12.7. The number of aromatic nitrogens is 2. The van der Waals surface area contributed by atoms with Crippen molar-refractivity contribution >= 4 is 31.9 Å². The molecule has 1 saturated carbocycles. The molecule has 1 heterocycles. The number of hydrogen-bond acceptors (Lipinski definition) is 2. The van der Waals surface area contributed by atoms with Gasteiger partial charge in [-0.15, -0.1) is 0 Å². The summed E-state index contributed by atoms with van der Waals surface area (Å²) >= 11 is 6.71. The molecule has 1 aromatic heterocycles. The molecular weight excluding hydrogens is 363 g/mol. The largest absolute Gasteiger partial charge is 0.232 e. The first-order valence-electron chi connectivity index (χ1n) is 5.63. The Kier molecular flexibility index (Phi) is 3.20. The van der Waals surface area contributed by atoms with E-state index in [0.717, 1.165) is 23.1 Å². The summed E-state index contributed by atoms with van der Waals surface area (Å²) in [6, 6.07) is 6.60. The summed E-state index contributed by atoms with van der Waals surface area (Å²) in [6.07, 6.45) is 2.24. The van der Waals surface area contributed by atoms with Gasteiger partial charge in [0.15, 0.2) is 0 Å². The molecule has 0 aliphatic heterocycles. The van der Waals surface area contributed by atoms with Crippen molar-refractivity contribution in [2.75, 3.05) is 0 Å². The first kappa shape index (κ1) is 12.2. The molecule has 1 aliphatic carbocycles.